The molecule has 2 fully saturated rings. The second kappa shape index (κ2) is 9.59. The van der Waals surface area contributed by atoms with E-state index < -0.39 is 21.9 Å². The molecule has 1 aromatic heterocycles. The number of rotatable bonds is 6. The molecule has 1 saturated heterocycles. The Morgan fingerprint density at radius 2 is 1.86 bits per heavy atom. The van der Waals surface area contributed by atoms with Crippen LogP contribution in [0.25, 0.3) is 11.0 Å². The van der Waals surface area contributed by atoms with Crippen LogP contribution < -0.4 is 0 Å². The second-order valence-electron chi connectivity index (χ2n) is 9.98. The average Bonchev–Trinajstić information content (AvgIpc) is 3.52. The van der Waals surface area contributed by atoms with Gasteiger partial charge in [0.15, 0.2) is 0 Å². The van der Waals surface area contributed by atoms with Gasteiger partial charge in [0.2, 0.25) is 11.8 Å². The number of hydrogen-bond donors (Lipinski definition) is 1. The molecule has 6 nitrogen and oxygen atoms in total. The number of carbonyl (C=O) groups is 1. The Morgan fingerprint density at radius 3 is 2.58 bits per heavy atom. The van der Waals surface area contributed by atoms with Gasteiger partial charge in [-0.05, 0) is 62.4 Å². The molecule has 2 aliphatic rings. The van der Waals surface area contributed by atoms with Gasteiger partial charge in [-0.25, -0.2) is 22.1 Å². The summed E-state index contributed by atoms with van der Waals surface area (Å²) in [5.41, 5.74) is 2.54. The summed E-state index contributed by atoms with van der Waals surface area (Å²) in [4.78, 5) is 16.1. The van der Waals surface area contributed by atoms with Crippen molar-refractivity contribution in [1.29, 1.82) is 4.78 Å². The van der Waals surface area contributed by atoms with Gasteiger partial charge >= 0.3 is 0 Å². The van der Waals surface area contributed by atoms with Gasteiger partial charge in [0.1, 0.15) is 21.5 Å². The molecule has 0 unspecified atom stereocenters. The molecule has 2 aromatic carbocycles. The lowest BCUT2D eigenvalue weighted by atomic mass is 9.90. The first-order chi connectivity index (χ1) is 17.1. The Bertz CT molecular complexity index is 1340. The summed E-state index contributed by atoms with van der Waals surface area (Å²) in [5.74, 6) is -2.95. The molecule has 3 aromatic rings. The summed E-state index contributed by atoms with van der Waals surface area (Å²) in [6.45, 7) is 2.55. The van der Waals surface area contributed by atoms with Gasteiger partial charge in [0.05, 0.1) is 11.2 Å². The molecular formula is C27H31F2N3O3S. The lowest BCUT2D eigenvalue weighted by molar-refractivity contribution is -0.141. The van der Waals surface area contributed by atoms with Crippen molar-refractivity contribution >= 4 is 26.8 Å². The van der Waals surface area contributed by atoms with Crippen LogP contribution in [0.1, 0.15) is 49.7 Å². The summed E-state index contributed by atoms with van der Waals surface area (Å²) < 4.78 is 57.4. The number of fused-ring (bicyclic) bond motifs is 1. The molecular weight excluding hydrogens is 484 g/mol. The normalized spacial score (nSPS) is 22.5. The quantitative estimate of drug-likeness (QED) is 0.429. The van der Waals surface area contributed by atoms with Gasteiger partial charge in [0.25, 0.3) is 0 Å². The van der Waals surface area contributed by atoms with E-state index in [9.17, 15) is 17.8 Å². The number of nitrogens with zero attached hydrogens (tertiary/aromatic N) is 2. The number of carbonyl (C=O) groups excluding carboxylic acids is 1. The molecule has 1 saturated carbocycles. The van der Waals surface area contributed by atoms with Crippen molar-refractivity contribution in [2.45, 2.75) is 74.9 Å². The molecule has 5 rings (SSSR count). The SMILES string of the molecule is Cc1ccc([S@@](=N)(=O)N2CCC[C@H]2C(=O)N(Cc2ccc3ccoc3c2)C2CCC(F)(F)CC2)cc1. The lowest BCUT2D eigenvalue weighted by Crippen LogP contribution is -2.51. The molecule has 192 valence electrons. The highest BCUT2D eigenvalue weighted by atomic mass is 32.2. The summed E-state index contributed by atoms with van der Waals surface area (Å²) in [6.07, 6.45) is 2.64. The number of aryl methyl sites for hydroxylation is 1. The maximum absolute atomic E-state index is 14.0. The van der Waals surface area contributed by atoms with E-state index in [1.807, 2.05) is 43.3 Å². The summed E-state index contributed by atoms with van der Waals surface area (Å²) in [6, 6.07) is 13.5. The van der Waals surface area contributed by atoms with Gasteiger partial charge in [-0.1, -0.05) is 29.8 Å². The average molecular weight is 516 g/mol. The van der Waals surface area contributed by atoms with Crippen LogP contribution in [0.5, 0.6) is 0 Å². The minimum atomic E-state index is -3.38. The maximum atomic E-state index is 14.0. The Morgan fingerprint density at radius 1 is 1.14 bits per heavy atom. The highest BCUT2D eigenvalue weighted by Crippen LogP contribution is 2.37. The van der Waals surface area contributed by atoms with Crippen molar-refractivity contribution in [3.8, 4) is 0 Å². The zero-order valence-corrected chi connectivity index (χ0v) is 21.1. The van der Waals surface area contributed by atoms with Crippen LogP contribution in [-0.4, -0.2) is 43.9 Å². The number of amides is 1. The maximum Gasteiger partial charge on any atom is 0.248 e. The van der Waals surface area contributed by atoms with Crippen molar-refractivity contribution in [3.05, 3.63) is 65.9 Å². The third-order valence-electron chi connectivity index (χ3n) is 7.44. The van der Waals surface area contributed by atoms with Crippen LogP contribution in [0, 0.1) is 11.7 Å². The fourth-order valence-electron chi connectivity index (χ4n) is 5.36. The molecule has 2 heterocycles. The first kappa shape index (κ1) is 24.9. The zero-order chi connectivity index (χ0) is 25.5. The van der Waals surface area contributed by atoms with Crippen LogP contribution >= 0.6 is 0 Å². The lowest BCUT2D eigenvalue weighted by Gasteiger charge is -2.39. The minimum Gasteiger partial charge on any atom is -0.464 e. The predicted octanol–water partition coefficient (Wildman–Crippen LogP) is 6.13. The van der Waals surface area contributed by atoms with Crippen LogP contribution in [0.15, 0.2) is 64.1 Å². The summed E-state index contributed by atoms with van der Waals surface area (Å²) >= 11 is 0. The van der Waals surface area contributed by atoms with Crippen LogP contribution in [0.3, 0.4) is 0 Å². The Labute approximate surface area is 210 Å². The van der Waals surface area contributed by atoms with E-state index in [2.05, 4.69) is 0 Å². The number of alkyl halides is 2. The topological polar surface area (TPSA) is 77.6 Å². The van der Waals surface area contributed by atoms with E-state index in [1.165, 1.54) is 4.31 Å². The van der Waals surface area contributed by atoms with Crippen molar-refractivity contribution < 1.29 is 22.2 Å². The van der Waals surface area contributed by atoms with E-state index >= 15 is 0 Å². The van der Waals surface area contributed by atoms with Crippen LogP contribution in [0.2, 0.25) is 0 Å². The minimum absolute atomic E-state index is 0.211. The number of halogens is 2. The molecule has 0 radical (unpaired) electrons. The predicted molar refractivity (Wildman–Crippen MR) is 134 cm³/mol. The van der Waals surface area contributed by atoms with Crippen molar-refractivity contribution in [2.75, 3.05) is 6.54 Å². The zero-order valence-electron chi connectivity index (χ0n) is 20.3. The smallest absolute Gasteiger partial charge is 0.248 e. The van der Waals surface area contributed by atoms with E-state index in [-0.39, 0.29) is 44.2 Å². The molecule has 1 N–H and O–H groups in total. The van der Waals surface area contributed by atoms with Crippen molar-refractivity contribution in [2.24, 2.45) is 0 Å². The number of benzene rings is 2. The van der Waals surface area contributed by atoms with E-state index in [0.717, 1.165) is 16.5 Å². The van der Waals surface area contributed by atoms with E-state index in [4.69, 9.17) is 9.20 Å². The standard InChI is InChI=1S/C27H31F2N3O3S/c1-19-4-8-23(9-5-19)36(30,34)32-15-2-3-24(32)26(33)31(22-10-13-27(28,29)14-11-22)18-20-6-7-21-12-16-35-25(21)17-20/h4-9,12,16-17,22,24,30H,2-3,10-11,13-15,18H2,1H3/t24-,36-/m0/s1. The molecule has 9 heteroatoms. The van der Waals surface area contributed by atoms with Gasteiger partial charge < -0.3 is 9.32 Å². The summed E-state index contributed by atoms with van der Waals surface area (Å²) in [7, 11) is -3.38. The third kappa shape index (κ3) is 4.91. The van der Waals surface area contributed by atoms with Crippen LogP contribution in [-0.2, 0) is 21.3 Å². The first-order valence-electron chi connectivity index (χ1n) is 12.4. The van der Waals surface area contributed by atoms with Crippen LogP contribution in [0.4, 0.5) is 8.78 Å². The van der Waals surface area contributed by atoms with Crippen molar-refractivity contribution in [1.82, 2.24) is 9.21 Å². The Hall–Kier alpha value is -2.78. The fourth-order valence-corrected chi connectivity index (χ4v) is 7.08. The molecule has 1 aliphatic heterocycles. The number of furan rings is 1. The van der Waals surface area contributed by atoms with Gasteiger partial charge in [-0.3, -0.25) is 4.79 Å². The molecule has 36 heavy (non-hydrogen) atoms. The monoisotopic (exact) mass is 515 g/mol. The largest absolute Gasteiger partial charge is 0.464 e. The fraction of sp³-hybridized carbons (Fsp3) is 0.444. The molecule has 0 spiro atoms. The molecule has 0 bridgehead atoms. The third-order valence-corrected chi connectivity index (χ3v) is 9.45. The highest BCUT2D eigenvalue weighted by Gasteiger charge is 2.43. The van der Waals surface area contributed by atoms with E-state index in [0.29, 0.717) is 29.9 Å². The molecule has 1 amide bonds. The van der Waals surface area contributed by atoms with Gasteiger partial charge in [-0.2, -0.15) is 0 Å². The van der Waals surface area contributed by atoms with Gasteiger partial charge in [0, 0.05) is 37.4 Å². The first-order valence-corrected chi connectivity index (χ1v) is 13.9. The Balaban J connectivity index is 1.44. The number of hydrogen-bond acceptors (Lipinski definition) is 4. The summed E-state index contributed by atoms with van der Waals surface area (Å²) in [5, 5.41) is 0.947. The molecule has 1 aliphatic carbocycles. The van der Waals surface area contributed by atoms with Gasteiger partial charge in [-0.15, -0.1) is 0 Å². The van der Waals surface area contributed by atoms with Crippen molar-refractivity contribution in [3.63, 3.8) is 0 Å². The number of nitrogens with one attached hydrogen (secondary N) is 1. The Kier molecular flexibility index (Phi) is 6.63. The second-order valence-corrected chi connectivity index (χ2v) is 12.0. The highest BCUT2D eigenvalue weighted by molar-refractivity contribution is 7.90. The molecule has 2 atom stereocenters. The van der Waals surface area contributed by atoms with E-state index in [1.54, 1.807) is 23.3 Å².